The molecule has 1 heterocycles. The highest BCUT2D eigenvalue weighted by Gasteiger charge is 2.34. The van der Waals surface area contributed by atoms with Gasteiger partial charge in [0, 0.05) is 18.6 Å². The number of carbonyl (C=O) groups excluding carboxylic acids is 1. The molecule has 0 saturated carbocycles. The summed E-state index contributed by atoms with van der Waals surface area (Å²) in [5, 5.41) is 0. The molecule has 100 valence electrons. The van der Waals surface area contributed by atoms with E-state index in [2.05, 4.69) is 6.92 Å². The third-order valence-corrected chi connectivity index (χ3v) is 3.01. The lowest BCUT2D eigenvalue weighted by molar-refractivity contribution is 0.0133. The van der Waals surface area contributed by atoms with Crippen molar-refractivity contribution < 1.29 is 9.53 Å². The van der Waals surface area contributed by atoms with Gasteiger partial charge in [-0.05, 0) is 40.0 Å². The largest absolute Gasteiger partial charge is 0.444 e. The molecule has 1 aliphatic rings. The second-order valence-corrected chi connectivity index (χ2v) is 6.12. The lowest BCUT2D eigenvalue weighted by Gasteiger charge is -2.40. The molecule has 0 spiro atoms. The molecular weight excluding hydrogens is 216 g/mol. The molecule has 0 aromatic carbocycles. The summed E-state index contributed by atoms with van der Waals surface area (Å²) in [6, 6.07) is 0. The minimum atomic E-state index is -0.434. The lowest BCUT2D eigenvalue weighted by Crippen LogP contribution is -2.56. The quantitative estimate of drug-likeness (QED) is 0.809. The van der Waals surface area contributed by atoms with Gasteiger partial charge in [-0.1, -0.05) is 13.3 Å². The zero-order valence-corrected chi connectivity index (χ0v) is 11.6. The number of likely N-dealkylation sites (tertiary alicyclic amines) is 1. The smallest absolute Gasteiger partial charge is 0.410 e. The van der Waals surface area contributed by atoms with Crippen molar-refractivity contribution in [3.8, 4) is 0 Å². The van der Waals surface area contributed by atoms with Gasteiger partial charge in [0.05, 0.1) is 0 Å². The Morgan fingerprint density at radius 3 is 2.65 bits per heavy atom. The fourth-order valence-corrected chi connectivity index (χ4v) is 2.34. The summed E-state index contributed by atoms with van der Waals surface area (Å²) in [4.78, 5) is 13.7. The Labute approximate surface area is 104 Å². The van der Waals surface area contributed by atoms with Crippen molar-refractivity contribution in [2.45, 2.75) is 64.5 Å². The molecule has 4 nitrogen and oxygen atoms in total. The van der Waals surface area contributed by atoms with Crippen LogP contribution >= 0.6 is 0 Å². The summed E-state index contributed by atoms with van der Waals surface area (Å²) >= 11 is 0. The van der Waals surface area contributed by atoms with E-state index < -0.39 is 5.60 Å². The van der Waals surface area contributed by atoms with Crippen LogP contribution in [0.5, 0.6) is 0 Å². The molecule has 0 unspecified atom stereocenters. The van der Waals surface area contributed by atoms with Gasteiger partial charge in [-0.15, -0.1) is 0 Å². The van der Waals surface area contributed by atoms with E-state index in [4.69, 9.17) is 10.5 Å². The molecule has 0 aromatic rings. The van der Waals surface area contributed by atoms with E-state index in [1.807, 2.05) is 20.8 Å². The highest BCUT2D eigenvalue weighted by atomic mass is 16.6. The molecule has 0 radical (unpaired) electrons. The topological polar surface area (TPSA) is 55.6 Å². The Kier molecular flexibility index (Phi) is 4.42. The van der Waals surface area contributed by atoms with Crippen molar-refractivity contribution in [1.82, 2.24) is 4.90 Å². The van der Waals surface area contributed by atoms with Crippen LogP contribution in [0.2, 0.25) is 0 Å². The molecule has 1 amide bonds. The summed E-state index contributed by atoms with van der Waals surface area (Å²) in [5.41, 5.74) is 5.66. The van der Waals surface area contributed by atoms with Gasteiger partial charge in [0.25, 0.3) is 0 Å². The molecule has 1 saturated heterocycles. The maximum Gasteiger partial charge on any atom is 0.410 e. The summed E-state index contributed by atoms with van der Waals surface area (Å²) < 4.78 is 5.38. The van der Waals surface area contributed by atoms with Crippen LogP contribution in [0.4, 0.5) is 4.79 Å². The number of piperidine rings is 1. The third-order valence-electron chi connectivity index (χ3n) is 3.01. The monoisotopic (exact) mass is 242 g/mol. The van der Waals surface area contributed by atoms with Gasteiger partial charge in [0.1, 0.15) is 5.60 Å². The highest BCUT2D eigenvalue weighted by molar-refractivity contribution is 5.68. The zero-order chi connectivity index (χ0) is 13.1. The predicted octanol–water partition coefficient (Wildman–Crippen LogP) is 2.51. The van der Waals surface area contributed by atoms with Crippen molar-refractivity contribution in [2.75, 3.05) is 13.1 Å². The van der Waals surface area contributed by atoms with Gasteiger partial charge < -0.3 is 15.4 Å². The molecule has 1 aliphatic heterocycles. The van der Waals surface area contributed by atoms with Crippen LogP contribution in [0.3, 0.4) is 0 Å². The zero-order valence-electron chi connectivity index (χ0n) is 11.6. The van der Waals surface area contributed by atoms with Crippen LogP contribution in [0.15, 0.2) is 0 Å². The first-order valence-corrected chi connectivity index (χ1v) is 6.52. The van der Waals surface area contributed by atoms with E-state index in [0.29, 0.717) is 6.54 Å². The average molecular weight is 242 g/mol. The third kappa shape index (κ3) is 4.54. The first kappa shape index (κ1) is 14.3. The number of nitrogens with two attached hydrogens (primary N) is 1. The molecule has 1 fully saturated rings. The molecule has 0 bridgehead atoms. The number of rotatable bonds is 2. The van der Waals surface area contributed by atoms with E-state index in [1.54, 1.807) is 4.90 Å². The predicted molar refractivity (Wildman–Crippen MR) is 68.9 cm³/mol. The van der Waals surface area contributed by atoms with Crippen LogP contribution in [0, 0.1) is 0 Å². The first-order valence-electron chi connectivity index (χ1n) is 6.52. The van der Waals surface area contributed by atoms with Crippen molar-refractivity contribution in [1.29, 1.82) is 0 Å². The molecule has 1 rings (SSSR count). The minimum absolute atomic E-state index is 0.218. The SMILES string of the molecule is CCC[C@@]1(N)CCCN(C(=O)OC(C)(C)C)C1. The normalized spacial score (nSPS) is 25.8. The van der Waals surface area contributed by atoms with Gasteiger partial charge in [-0.2, -0.15) is 0 Å². The number of hydrogen-bond acceptors (Lipinski definition) is 3. The molecule has 17 heavy (non-hydrogen) atoms. The Morgan fingerprint density at radius 2 is 2.12 bits per heavy atom. The second-order valence-electron chi connectivity index (χ2n) is 6.12. The summed E-state index contributed by atoms with van der Waals surface area (Å²) in [5.74, 6) is 0. The molecule has 2 N–H and O–H groups in total. The fourth-order valence-electron chi connectivity index (χ4n) is 2.34. The lowest BCUT2D eigenvalue weighted by atomic mass is 9.86. The van der Waals surface area contributed by atoms with E-state index in [9.17, 15) is 4.79 Å². The first-order chi connectivity index (χ1) is 7.76. The maximum absolute atomic E-state index is 12.0. The molecule has 1 atom stereocenters. The van der Waals surface area contributed by atoms with E-state index >= 15 is 0 Å². The second kappa shape index (κ2) is 5.25. The van der Waals surface area contributed by atoms with E-state index in [-0.39, 0.29) is 11.6 Å². The van der Waals surface area contributed by atoms with Gasteiger partial charge in [-0.25, -0.2) is 4.79 Å². The van der Waals surface area contributed by atoms with E-state index in [1.165, 1.54) is 0 Å². The standard InChI is InChI=1S/C13H26N2O2/c1-5-7-13(14)8-6-9-15(10-13)11(16)17-12(2,3)4/h5-10,14H2,1-4H3/t13-/m1/s1. The molecule has 0 aromatic heterocycles. The average Bonchev–Trinajstić information content (AvgIpc) is 2.14. The Bertz CT molecular complexity index is 269. The molecule has 4 heteroatoms. The van der Waals surface area contributed by atoms with Crippen molar-refractivity contribution in [2.24, 2.45) is 5.73 Å². The van der Waals surface area contributed by atoms with Gasteiger partial charge in [-0.3, -0.25) is 0 Å². The number of amides is 1. The number of hydrogen-bond donors (Lipinski definition) is 1. The summed E-state index contributed by atoms with van der Waals surface area (Å²) in [6.07, 6.45) is 3.75. The fraction of sp³-hybridized carbons (Fsp3) is 0.923. The Hall–Kier alpha value is -0.770. The van der Waals surface area contributed by atoms with Crippen LogP contribution in [-0.4, -0.2) is 35.2 Å². The highest BCUT2D eigenvalue weighted by Crippen LogP contribution is 2.24. The van der Waals surface area contributed by atoms with Crippen molar-refractivity contribution in [3.63, 3.8) is 0 Å². The van der Waals surface area contributed by atoms with Crippen LogP contribution in [0.25, 0.3) is 0 Å². The van der Waals surface area contributed by atoms with Crippen LogP contribution < -0.4 is 5.73 Å². The molecule has 0 aliphatic carbocycles. The van der Waals surface area contributed by atoms with Crippen LogP contribution in [0.1, 0.15) is 53.4 Å². The summed E-state index contributed by atoms with van der Waals surface area (Å²) in [6.45, 7) is 9.16. The number of nitrogens with zero attached hydrogens (tertiary/aromatic N) is 1. The Morgan fingerprint density at radius 1 is 1.47 bits per heavy atom. The number of carbonyl (C=O) groups is 1. The summed E-state index contributed by atoms with van der Waals surface area (Å²) in [7, 11) is 0. The van der Waals surface area contributed by atoms with Crippen molar-refractivity contribution in [3.05, 3.63) is 0 Å². The molecular formula is C13H26N2O2. The van der Waals surface area contributed by atoms with Crippen LogP contribution in [-0.2, 0) is 4.74 Å². The number of ether oxygens (including phenoxy) is 1. The van der Waals surface area contributed by atoms with E-state index in [0.717, 1.165) is 32.2 Å². The van der Waals surface area contributed by atoms with Gasteiger partial charge >= 0.3 is 6.09 Å². The van der Waals surface area contributed by atoms with Crippen molar-refractivity contribution >= 4 is 6.09 Å². The minimum Gasteiger partial charge on any atom is -0.444 e. The van der Waals surface area contributed by atoms with Gasteiger partial charge in [0.15, 0.2) is 0 Å². The Balaban J connectivity index is 2.57. The maximum atomic E-state index is 12.0. The van der Waals surface area contributed by atoms with Gasteiger partial charge in [0.2, 0.25) is 0 Å².